The van der Waals surface area contributed by atoms with Gasteiger partial charge < -0.3 is 78.9 Å². The molecular formula is C105H137F7N10O17. The number of amides is 5. The summed E-state index contributed by atoms with van der Waals surface area (Å²) in [5, 5.41) is 13.9. The number of Topliss-reactive ketones (excluding diaryl/α,β-unsaturated/α-hetero) is 7. The fraction of sp³-hybridized carbons (Fsp3) is 0.486. The fourth-order valence-corrected chi connectivity index (χ4v) is 15.6. The van der Waals surface area contributed by atoms with Crippen molar-refractivity contribution in [3.63, 3.8) is 0 Å². The van der Waals surface area contributed by atoms with Gasteiger partial charge in [-0.1, -0.05) is 87.1 Å². The lowest BCUT2D eigenvalue weighted by atomic mass is 10.0. The Hall–Kier alpha value is -12.1. The molecule has 7 aromatic carbocycles. The lowest BCUT2D eigenvalue weighted by Crippen LogP contribution is -2.45. The van der Waals surface area contributed by atoms with Gasteiger partial charge in [0.15, 0.2) is 75.3 Å². The largest absolute Gasteiger partial charge is 0.486 e. The molecule has 10 rings (SSSR count). The van der Waals surface area contributed by atoms with E-state index in [1.165, 1.54) is 73.7 Å². The number of para-hydroxylation sites is 2. The highest BCUT2D eigenvalue weighted by molar-refractivity contribution is 6.00. The minimum Gasteiger partial charge on any atom is -0.486 e. The van der Waals surface area contributed by atoms with E-state index in [0.29, 0.717) is 112 Å². The second kappa shape index (κ2) is 64.2. The lowest BCUT2D eigenvalue weighted by molar-refractivity contribution is -0.131. The van der Waals surface area contributed by atoms with Crippen molar-refractivity contribution in [2.75, 3.05) is 65.8 Å². The van der Waals surface area contributed by atoms with Gasteiger partial charge in [0.05, 0.1) is 30.2 Å². The van der Waals surface area contributed by atoms with Crippen molar-refractivity contribution in [1.29, 1.82) is 0 Å². The van der Waals surface area contributed by atoms with Crippen LogP contribution in [-0.2, 0) is 60.8 Å². The van der Waals surface area contributed by atoms with Crippen molar-refractivity contribution in [2.45, 2.75) is 244 Å². The molecule has 758 valence electrons. The molecule has 3 fully saturated rings. The number of unbranched alkanes of at least 4 members (excludes halogenated alkanes) is 5. The van der Waals surface area contributed by atoms with Crippen molar-refractivity contribution < 1.29 is 116 Å². The first kappa shape index (κ1) is 111. The highest BCUT2D eigenvalue weighted by Gasteiger charge is 2.33. The zero-order chi connectivity index (χ0) is 104. The number of benzene rings is 7. The van der Waals surface area contributed by atoms with Gasteiger partial charge in [-0.2, -0.15) is 0 Å². The Morgan fingerprint density at radius 2 is 0.669 bits per heavy atom. The number of nitrogens with one attached hydrogen (secondary N) is 5. The summed E-state index contributed by atoms with van der Waals surface area (Å²) in [5.74, 6) is -9.74. The Morgan fingerprint density at radius 3 is 1.02 bits per heavy atom. The first-order chi connectivity index (χ1) is 67.9. The maximum atomic E-state index is 13.8. The van der Waals surface area contributed by atoms with E-state index >= 15 is 0 Å². The third-order valence-electron chi connectivity index (χ3n) is 23.2. The maximum absolute atomic E-state index is 13.8. The standard InChI is InChI=1S/2C23H26F2N2O4.2C20H29FN2O3.C19H27FN2O3/c2*1-15(28)12-16-6-4-7-17(13-16)23(30)27-20(10-2-3-11-26)21(29)14-31-22-18(24)8-5-9-19(22)25;1-14-9-10-16(21)19(12-14)26-13-18(24)17(8-4-5-11-22)23-20(25)15-6-2-3-7-15;1-14-10-16(21)12-17(11-14)26-13-19(24)18(8-4-5-9-22)23-20(25)15-6-2-3-7-15;20-15-8-5-9-16(12-15)25-13-18(23)17(10-3-4-11-21)22-19(24)14-6-1-2-7-14/h2*4-9,13,20H,2-3,10-12,14,26H2,1H3,(H,27,30);9-10,12,15,17H,2-8,11,13,22H2,1H3,(H,23,25);10-12,15,18H,2-9,13,22H2,1H3,(H,23,25);5,8-9,12,14,17H,1-4,6-7,10-11,13,21H2,(H,22,24)/t2*20-;17-;18-;17-/m00000/s1/i1D3;;;;. The Bertz CT molecular complexity index is 5160. The first-order valence-corrected chi connectivity index (χ1v) is 47.6. The number of halogens is 7. The predicted octanol–water partition coefficient (Wildman–Crippen LogP) is 14.3. The highest BCUT2D eigenvalue weighted by Crippen LogP contribution is 2.30. The van der Waals surface area contributed by atoms with E-state index in [9.17, 15) is 88.3 Å². The number of carbonyl (C=O) groups is 12. The van der Waals surface area contributed by atoms with E-state index < -0.39 is 132 Å². The summed E-state index contributed by atoms with van der Waals surface area (Å²) in [4.78, 5) is 149. The third-order valence-corrected chi connectivity index (χ3v) is 23.2. The van der Waals surface area contributed by atoms with Crippen LogP contribution in [0.25, 0.3) is 0 Å². The summed E-state index contributed by atoms with van der Waals surface area (Å²) in [6.45, 7) is 2.82. The fourth-order valence-electron chi connectivity index (χ4n) is 15.6. The third kappa shape index (κ3) is 43.9. The quantitative estimate of drug-likeness (QED) is 0.0125. The van der Waals surface area contributed by atoms with E-state index in [-0.39, 0.29) is 109 Å². The second-order valence-electron chi connectivity index (χ2n) is 34.7. The van der Waals surface area contributed by atoms with Gasteiger partial charge >= 0.3 is 0 Å². The molecule has 0 radical (unpaired) electrons. The van der Waals surface area contributed by atoms with Crippen LogP contribution in [0.5, 0.6) is 28.7 Å². The number of aryl methyl sites for hydroxylation is 2. The monoisotopic (exact) mass is 1950 g/mol. The van der Waals surface area contributed by atoms with Gasteiger partial charge in [-0.05, 0) is 302 Å². The van der Waals surface area contributed by atoms with Crippen LogP contribution >= 0.6 is 0 Å². The van der Waals surface area contributed by atoms with Gasteiger partial charge in [0.25, 0.3) is 11.8 Å². The van der Waals surface area contributed by atoms with Gasteiger partial charge in [0, 0.05) is 58.0 Å². The molecule has 34 heteroatoms. The lowest BCUT2D eigenvalue weighted by Gasteiger charge is -2.20. The van der Waals surface area contributed by atoms with Crippen molar-refractivity contribution in [3.8, 4) is 28.7 Å². The van der Waals surface area contributed by atoms with Crippen molar-refractivity contribution in [3.05, 3.63) is 220 Å². The molecule has 7 aromatic rings. The maximum Gasteiger partial charge on any atom is 0.251 e. The number of carbonyl (C=O) groups excluding carboxylic acids is 12. The van der Waals surface area contributed by atoms with Crippen molar-refractivity contribution in [2.24, 2.45) is 46.4 Å². The molecule has 5 atom stereocenters. The summed E-state index contributed by atoms with van der Waals surface area (Å²) in [6, 6.07) is 29.6. The summed E-state index contributed by atoms with van der Waals surface area (Å²) in [7, 11) is 0. The van der Waals surface area contributed by atoms with Crippen LogP contribution in [0.15, 0.2) is 146 Å². The molecule has 0 aromatic heterocycles. The molecule has 27 nitrogen and oxygen atoms in total. The first-order valence-electron chi connectivity index (χ1n) is 49.1. The average molecular weight is 1950 g/mol. The molecule has 0 unspecified atom stereocenters. The Kier molecular flexibility index (Phi) is 51.0. The molecule has 0 spiro atoms. The average Bonchev–Trinajstić information content (AvgIpc) is 0.900. The van der Waals surface area contributed by atoms with Gasteiger partial charge in [0.1, 0.15) is 67.7 Å². The minimum absolute atomic E-state index is 0.00468. The van der Waals surface area contributed by atoms with Gasteiger partial charge in [-0.15, -0.1) is 0 Å². The molecule has 139 heavy (non-hydrogen) atoms. The number of hydrogen-bond donors (Lipinski definition) is 10. The molecule has 3 saturated carbocycles. The van der Waals surface area contributed by atoms with Gasteiger partial charge in [-0.3, -0.25) is 57.5 Å². The normalized spacial score (nSPS) is 14.3. The number of rotatable bonds is 54. The summed E-state index contributed by atoms with van der Waals surface area (Å²) in [6.07, 6.45) is 20.6. The molecule has 15 N–H and O–H groups in total. The molecule has 3 aliphatic rings. The Labute approximate surface area is 813 Å². The Balaban J connectivity index is 0.000000273. The smallest absolute Gasteiger partial charge is 0.251 e. The number of hydrogen-bond acceptors (Lipinski definition) is 22. The summed E-state index contributed by atoms with van der Waals surface area (Å²) < 4.78 is 143. The molecule has 3 aliphatic carbocycles. The SMILES string of the molecule is CC(=O)Cc1cccc(C(=O)N[C@@H](CCCCN)C(=O)COc2c(F)cccc2F)c1.Cc1cc(F)cc(OCC(=O)[C@H](CCCCN)NC(=O)C2CCCC2)c1.Cc1ccc(F)c(OCC(=O)[C@H](CCCCN)NC(=O)C2CCCC2)c1.NCCCC[C@H](NC(=O)C1CCCC1)C(=O)COc1cccc(F)c1.[2H]C([2H])([2H])C(=O)Cc1cccc(C(=O)N[C@@H](CCCCN)C(=O)COc2c(F)cccc2F)c1. The zero-order valence-electron chi connectivity index (χ0n) is 82.5. The van der Waals surface area contributed by atoms with Crippen molar-refractivity contribution in [1.82, 2.24) is 26.6 Å². The molecule has 0 saturated heterocycles. The van der Waals surface area contributed by atoms with Crippen LogP contribution in [0.3, 0.4) is 0 Å². The number of ether oxygens (including phenoxy) is 5. The second-order valence-corrected chi connectivity index (χ2v) is 34.7. The number of nitrogens with two attached hydrogens (primary N) is 5. The van der Waals surface area contributed by atoms with E-state index in [4.69, 9.17) is 56.5 Å². The molecule has 5 amide bonds. The van der Waals surface area contributed by atoms with Crippen LogP contribution < -0.4 is 78.9 Å². The van der Waals surface area contributed by atoms with E-state index in [1.54, 1.807) is 55.5 Å². The topological polar surface area (TPSA) is 441 Å². The van der Waals surface area contributed by atoms with E-state index in [1.807, 2.05) is 6.92 Å². The minimum atomic E-state index is -2.75. The Morgan fingerprint density at radius 1 is 0.338 bits per heavy atom. The van der Waals surface area contributed by atoms with E-state index in [2.05, 4.69) is 26.6 Å². The molecule has 0 heterocycles. The van der Waals surface area contributed by atoms with Crippen LogP contribution in [0, 0.1) is 72.3 Å². The van der Waals surface area contributed by atoms with Gasteiger partial charge in [-0.25, -0.2) is 30.7 Å². The van der Waals surface area contributed by atoms with Crippen molar-refractivity contribution >= 4 is 70.0 Å². The number of ketones is 7. The van der Waals surface area contributed by atoms with E-state index in [0.717, 1.165) is 157 Å². The molecule has 0 bridgehead atoms. The van der Waals surface area contributed by atoms with Crippen LogP contribution in [-0.4, -0.2) is 166 Å². The molecule has 0 aliphatic heterocycles. The van der Waals surface area contributed by atoms with Gasteiger partial charge in [0.2, 0.25) is 17.7 Å². The highest BCUT2D eigenvalue weighted by atomic mass is 19.2. The van der Waals surface area contributed by atoms with Crippen LogP contribution in [0.1, 0.15) is 234 Å². The summed E-state index contributed by atoms with van der Waals surface area (Å²) >= 11 is 0. The predicted molar refractivity (Wildman–Crippen MR) is 514 cm³/mol. The summed E-state index contributed by atoms with van der Waals surface area (Å²) in [5.41, 5.74) is 30.5. The van der Waals surface area contributed by atoms with Crippen LogP contribution in [0.2, 0.25) is 0 Å². The molecular weight excluding hydrogens is 1810 g/mol. The zero-order valence-corrected chi connectivity index (χ0v) is 79.5. The van der Waals surface area contributed by atoms with Crippen LogP contribution in [0.4, 0.5) is 30.7 Å².